The Morgan fingerprint density at radius 3 is 2.52 bits per heavy atom. The lowest BCUT2D eigenvalue weighted by Gasteiger charge is -2.39. The minimum absolute atomic E-state index is 0.126. The third-order valence-corrected chi connectivity index (χ3v) is 5.25. The van der Waals surface area contributed by atoms with Gasteiger partial charge in [0.1, 0.15) is 5.75 Å². The van der Waals surface area contributed by atoms with Gasteiger partial charge < -0.3 is 14.2 Å². The summed E-state index contributed by atoms with van der Waals surface area (Å²) in [7, 11) is 6.91. The van der Waals surface area contributed by atoms with E-state index >= 15 is 0 Å². The van der Waals surface area contributed by atoms with Gasteiger partial charge in [0.15, 0.2) is 17.3 Å². The Hall–Kier alpha value is -2.53. The molecule has 25 heavy (non-hydrogen) atoms. The van der Waals surface area contributed by atoms with Gasteiger partial charge in [-0.25, -0.2) is 0 Å². The lowest BCUT2D eigenvalue weighted by molar-refractivity contribution is 0.0835. The third kappa shape index (κ3) is 2.15. The molecular formula is C20H21NO4. The molecule has 0 fully saturated rings. The van der Waals surface area contributed by atoms with Crippen LogP contribution in [-0.2, 0) is 6.42 Å². The molecule has 1 atom stereocenters. The number of Topliss-reactive ketones (excluding diaryl/α,β-unsaturated/α-hetero) is 1. The Bertz CT molecular complexity index is 874. The van der Waals surface area contributed by atoms with Gasteiger partial charge in [-0.15, -0.1) is 0 Å². The highest BCUT2D eigenvalue weighted by Gasteiger charge is 2.41. The van der Waals surface area contributed by atoms with Crippen LogP contribution < -0.4 is 14.2 Å². The van der Waals surface area contributed by atoms with Crippen LogP contribution in [0.3, 0.4) is 0 Å². The lowest BCUT2D eigenvalue weighted by Crippen LogP contribution is -2.39. The maximum absolute atomic E-state index is 13.2. The van der Waals surface area contributed by atoms with E-state index in [0.717, 1.165) is 35.2 Å². The molecule has 0 N–H and O–H groups in total. The standard InChI is InChI=1S/C20H21NO4/c1-21-8-7-11-9-15(24-3)20(25-4)17-14-10-12(23-2)5-6-13(14)19(22)18(21)16(11)17/h5-6,9-10,18H,7-8H2,1-4H3/t18-/m0/s1. The van der Waals surface area contributed by atoms with E-state index in [0.29, 0.717) is 22.8 Å². The first kappa shape index (κ1) is 16.0. The zero-order chi connectivity index (χ0) is 17.7. The Morgan fingerprint density at radius 2 is 1.84 bits per heavy atom. The number of carbonyl (C=O) groups excluding carboxylic acids is 1. The lowest BCUT2D eigenvalue weighted by atomic mass is 9.76. The first-order valence-corrected chi connectivity index (χ1v) is 8.31. The fourth-order valence-corrected chi connectivity index (χ4v) is 4.05. The molecule has 2 aromatic rings. The minimum atomic E-state index is -0.278. The van der Waals surface area contributed by atoms with Crippen LogP contribution in [0.1, 0.15) is 27.5 Å². The van der Waals surface area contributed by atoms with Gasteiger partial charge in [0.25, 0.3) is 0 Å². The smallest absolute Gasteiger partial charge is 0.185 e. The second-order valence-corrected chi connectivity index (χ2v) is 6.47. The van der Waals surface area contributed by atoms with E-state index in [9.17, 15) is 4.79 Å². The topological polar surface area (TPSA) is 48.0 Å². The minimum Gasteiger partial charge on any atom is -0.497 e. The molecule has 0 aromatic heterocycles. The van der Waals surface area contributed by atoms with Crippen LogP contribution >= 0.6 is 0 Å². The first-order valence-electron chi connectivity index (χ1n) is 8.31. The molecule has 2 aromatic carbocycles. The average molecular weight is 339 g/mol. The van der Waals surface area contributed by atoms with Gasteiger partial charge in [-0.2, -0.15) is 0 Å². The van der Waals surface area contributed by atoms with Crippen molar-refractivity contribution in [2.24, 2.45) is 0 Å². The van der Waals surface area contributed by atoms with Gasteiger partial charge in [0, 0.05) is 23.2 Å². The number of nitrogens with zero attached hydrogens (tertiary/aromatic N) is 1. The van der Waals surface area contributed by atoms with Crippen molar-refractivity contribution in [2.75, 3.05) is 34.9 Å². The summed E-state index contributed by atoms with van der Waals surface area (Å²) in [5.74, 6) is 2.21. The highest BCUT2D eigenvalue weighted by atomic mass is 16.5. The van der Waals surface area contributed by atoms with E-state index in [4.69, 9.17) is 14.2 Å². The van der Waals surface area contributed by atoms with E-state index in [-0.39, 0.29) is 11.8 Å². The number of ketones is 1. The molecule has 1 heterocycles. The van der Waals surface area contributed by atoms with E-state index in [1.165, 1.54) is 0 Å². The second kappa shape index (κ2) is 5.77. The van der Waals surface area contributed by atoms with Crippen LogP contribution in [0.15, 0.2) is 24.3 Å². The fourth-order valence-electron chi connectivity index (χ4n) is 4.05. The summed E-state index contributed by atoms with van der Waals surface area (Å²) in [6, 6.07) is 7.32. The van der Waals surface area contributed by atoms with Crippen molar-refractivity contribution in [1.82, 2.24) is 4.90 Å². The van der Waals surface area contributed by atoms with Crippen molar-refractivity contribution < 1.29 is 19.0 Å². The molecular weight excluding hydrogens is 318 g/mol. The molecule has 130 valence electrons. The van der Waals surface area contributed by atoms with Crippen LogP contribution in [0.25, 0.3) is 11.1 Å². The Balaban J connectivity index is 2.12. The van der Waals surface area contributed by atoms with E-state index in [1.54, 1.807) is 21.3 Å². The van der Waals surface area contributed by atoms with Crippen molar-refractivity contribution in [1.29, 1.82) is 0 Å². The summed E-state index contributed by atoms with van der Waals surface area (Å²) in [4.78, 5) is 15.3. The van der Waals surface area contributed by atoms with Crippen LogP contribution in [0.2, 0.25) is 0 Å². The van der Waals surface area contributed by atoms with Crippen LogP contribution in [-0.4, -0.2) is 45.6 Å². The van der Waals surface area contributed by atoms with Crippen molar-refractivity contribution in [3.8, 4) is 28.4 Å². The molecule has 5 nitrogen and oxygen atoms in total. The van der Waals surface area contributed by atoms with Gasteiger partial charge in [0.2, 0.25) is 0 Å². The Labute approximate surface area is 147 Å². The predicted molar refractivity (Wildman–Crippen MR) is 94.9 cm³/mol. The molecule has 5 heteroatoms. The van der Waals surface area contributed by atoms with Crippen molar-refractivity contribution in [2.45, 2.75) is 12.5 Å². The zero-order valence-corrected chi connectivity index (χ0v) is 14.9. The second-order valence-electron chi connectivity index (χ2n) is 6.47. The number of methoxy groups -OCH3 is 3. The van der Waals surface area contributed by atoms with Gasteiger partial charge in [-0.3, -0.25) is 9.69 Å². The molecule has 0 unspecified atom stereocenters. The summed E-state index contributed by atoms with van der Waals surface area (Å²) in [5, 5.41) is 0. The van der Waals surface area contributed by atoms with E-state index in [2.05, 4.69) is 4.90 Å². The maximum Gasteiger partial charge on any atom is 0.185 e. The molecule has 1 aliphatic heterocycles. The van der Waals surface area contributed by atoms with Crippen molar-refractivity contribution >= 4 is 5.78 Å². The SMILES string of the molecule is COc1ccc2c(c1)-c1c(OC)c(OC)cc3c1[C@@H](C2=O)N(C)CC3. The molecule has 1 aliphatic carbocycles. The number of likely N-dealkylation sites (N-methyl/N-ethyl adjacent to an activating group) is 1. The summed E-state index contributed by atoms with van der Waals surface area (Å²) >= 11 is 0. The summed E-state index contributed by atoms with van der Waals surface area (Å²) in [6.45, 7) is 0.837. The van der Waals surface area contributed by atoms with Gasteiger partial charge in [-0.05, 0) is 48.9 Å². The monoisotopic (exact) mass is 339 g/mol. The number of benzene rings is 2. The van der Waals surface area contributed by atoms with Crippen LogP contribution in [0.5, 0.6) is 17.2 Å². The molecule has 0 saturated heterocycles. The number of carbonyl (C=O) groups is 1. The average Bonchev–Trinajstić information content (AvgIpc) is 2.65. The van der Waals surface area contributed by atoms with Gasteiger partial charge in [-0.1, -0.05) is 0 Å². The molecule has 0 bridgehead atoms. The van der Waals surface area contributed by atoms with Crippen LogP contribution in [0, 0.1) is 0 Å². The van der Waals surface area contributed by atoms with Crippen molar-refractivity contribution in [3.05, 3.63) is 41.0 Å². The summed E-state index contributed by atoms with van der Waals surface area (Å²) in [6.07, 6.45) is 0.877. The number of hydrogen-bond acceptors (Lipinski definition) is 5. The van der Waals surface area contributed by atoms with Gasteiger partial charge >= 0.3 is 0 Å². The number of ether oxygens (including phenoxy) is 3. The molecule has 0 amide bonds. The van der Waals surface area contributed by atoms with E-state index < -0.39 is 0 Å². The molecule has 2 aliphatic rings. The van der Waals surface area contributed by atoms with Crippen molar-refractivity contribution in [3.63, 3.8) is 0 Å². The Morgan fingerprint density at radius 1 is 1.04 bits per heavy atom. The fraction of sp³-hybridized carbons (Fsp3) is 0.350. The molecule has 0 saturated carbocycles. The van der Waals surface area contributed by atoms with Crippen LogP contribution in [0.4, 0.5) is 0 Å². The maximum atomic E-state index is 13.2. The molecule has 4 rings (SSSR count). The van der Waals surface area contributed by atoms with E-state index in [1.807, 2.05) is 31.3 Å². The molecule has 0 spiro atoms. The largest absolute Gasteiger partial charge is 0.497 e. The normalized spacial score (nSPS) is 18.4. The quantitative estimate of drug-likeness (QED) is 0.860. The summed E-state index contributed by atoms with van der Waals surface area (Å²) < 4.78 is 16.7. The number of fused-ring (bicyclic) bond motifs is 2. The zero-order valence-electron chi connectivity index (χ0n) is 14.9. The summed E-state index contributed by atoms with van der Waals surface area (Å²) in [5.41, 5.74) is 4.68. The molecule has 0 radical (unpaired) electrons. The highest BCUT2D eigenvalue weighted by Crippen LogP contribution is 2.52. The highest BCUT2D eigenvalue weighted by molar-refractivity contribution is 6.11. The Kier molecular flexibility index (Phi) is 3.69. The predicted octanol–water partition coefficient (Wildman–Crippen LogP) is 3.10. The third-order valence-electron chi connectivity index (χ3n) is 5.25. The van der Waals surface area contributed by atoms with Gasteiger partial charge in [0.05, 0.1) is 27.4 Å². The number of hydrogen-bond donors (Lipinski definition) is 0. The number of rotatable bonds is 3. The first-order chi connectivity index (χ1) is 12.1.